The van der Waals surface area contributed by atoms with Gasteiger partial charge in [-0.05, 0) is 13.8 Å². The van der Waals surface area contributed by atoms with Crippen molar-refractivity contribution in [3.05, 3.63) is 33.1 Å². The van der Waals surface area contributed by atoms with Crippen LogP contribution in [0, 0.1) is 35.3 Å². The van der Waals surface area contributed by atoms with Crippen LogP contribution in [-0.2, 0) is 0 Å². The predicted octanol–water partition coefficient (Wildman–Crippen LogP) is 1.48. The number of rotatable bonds is 1. The molecule has 66 valence electrons. The molecule has 0 aliphatic heterocycles. The highest BCUT2D eigenvalue weighted by atomic mass is 16.6. The van der Waals surface area contributed by atoms with Crippen molar-refractivity contribution < 1.29 is 4.92 Å². The van der Waals surface area contributed by atoms with Gasteiger partial charge in [0.05, 0.1) is 10.5 Å². The van der Waals surface area contributed by atoms with Gasteiger partial charge in [0, 0.05) is 11.8 Å². The number of hydrogen-bond donors (Lipinski definition) is 0. The normalized spacial score (nSPS) is 9.31. The second-order valence-corrected chi connectivity index (χ2v) is 2.63. The first-order chi connectivity index (χ1) is 6.07. The topological polar surface area (TPSA) is 79.8 Å². The van der Waals surface area contributed by atoms with Crippen LogP contribution in [0.25, 0.3) is 0 Å². The lowest BCUT2D eigenvalue weighted by atomic mass is 10.1. The van der Waals surface area contributed by atoms with Gasteiger partial charge < -0.3 is 0 Å². The van der Waals surface area contributed by atoms with Crippen LogP contribution in [0.5, 0.6) is 0 Å². The standard InChI is InChI=1S/C8H7N3O2/c1-5-4-10-7(3-9)6(2)8(5)11(12)13/h4H,1-2H3. The van der Waals surface area contributed by atoms with Crippen LogP contribution >= 0.6 is 0 Å². The van der Waals surface area contributed by atoms with Crippen molar-refractivity contribution in [1.82, 2.24) is 4.98 Å². The van der Waals surface area contributed by atoms with Gasteiger partial charge in [-0.25, -0.2) is 4.98 Å². The molecule has 0 atom stereocenters. The first-order valence-corrected chi connectivity index (χ1v) is 3.58. The van der Waals surface area contributed by atoms with Gasteiger partial charge in [-0.1, -0.05) is 0 Å². The zero-order valence-corrected chi connectivity index (χ0v) is 7.24. The second-order valence-electron chi connectivity index (χ2n) is 2.63. The Morgan fingerprint density at radius 3 is 2.69 bits per heavy atom. The zero-order chi connectivity index (χ0) is 10.0. The van der Waals surface area contributed by atoms with E-state index < -0.39 is 4.92 Å². The summed E-state index contributed by atoms with van der Waals surface area (Å²) < 4.78 is 0. The van der Waals surface area contributed by atoms with Crippen molar-refractivity contribution in [2.45, 2.75) is 13.8 Å². The lowest BCUT2D eigenvalue weighted by molar-refractivity contribution is -0.386. The summed E-state index contributed by atoms with van der Waals surface area (Å²) in [5.41, 5.74) is 0.887. The van der Waals surface area contributed by atoms with Crippen molar-refractivity contribution in [3.8, 4) is 6.07 Å². The largest absolute Gasteiger partial charge is 0.279 e. The Morgan fingerprint density at radius 1 is 1.62 bits per heavy atom. The fourth-order valence-corrected chi connectivity index (χ4v) is 1.12. The fraction of sp³-hybridized carbons (Fsp3) is 0.250. The summed E-state index contributed by atoms with van der Waals surface area (Å²) in [7, 11) is 0. The lowest BCUT2D eigenvalue weighted by Gasteiger charge is -2.00. The Balaban J connectivity index is 3.50. The Morgan fingerprint density at radius 2 is 2.23 bits per heavy atom. The molecule has 1 rings (SSSR count). The maximum absolute atomic E-state index is 10.6. The number of nitro groups is 1. The minimum absolute atomic E-state index is 0.0217. The maximum Gasteiger partial charge on any atom is 0.279 e. The number of pyridine rings is 1. The highest BCUT2D eigenvalue weighted by Crippen LogP contribution is 2.23. The van der Waals surface area contributed by atoms with Gasteiger partial charge in [-0.2, -0.15) is 5.26 Å². The van der Waals surface area contributed by atoms with Gasteiger partial charge in [0.25, 0.3) is 5.69 Å². The summed E-state index contributed by atoms with van der Waals surface area (Å²) in [5.74, 6) is 0. The van der Waals surface area contributed by atoms with Crippen LogP contribution in [0.3, 0.4) is 0 Å². The first-order valence-electron chi connectivity index (χ1n) is 3.58. The lowest BCUT2D eigenvalue weighted by Crippen LogP contribution is -1.99. The van der Waals surface area contributed by atoms with Gasteiger partial charge >= 0.3 is 0 Å². The number of aromatic nitrogens is 1. The molecule has 0 unspecified atom stereocenters. The molecule has 0 saturated heterocycles. The molecule has 0 radical (unpaired) electrons. The minimum Gasteiger partial charge on any atom is -0.258 e. The van der Waals surface area contributed by atoms with Gasteiger partial charge in [0.1, 0.15) is 11.8 Å². The Kier molecular flexibility index (Phi) is 2.24. The quantitative estimate of drug-likeness (QED) is 0.480. The predicted molar refractivity (Wildman–Crippen MR) is 45.1 cm³/mol. The maximum atomic E-state index is 10.6. The molecule has 0 spiro atoms. The molecule has 0 amide bonds. The summed E-state index contributed by atoms with van der Waals surface area (Å²) in [6.07, 6.45) is 1.34. The van der Waals surface area contributed by atoms with Crippen LogP contribution < -0.4 is 0 Å². The van der Waals surface area contributed by atoms with Crippen LogP contribution in [0.4, 0.5) is 5.69 Å². The Bertz CT molecular complexity index is 407. The van der Waals surface area contributed by atoms with E-state index in [-0.39, 0.29) is 11.4 Å². The average Bonchev–Trinajstić information content (AvgIpc) is 2.04. The number of nitriles is 1. The molecular weight excluding hydrogens is 170 g/mol. The van der Waals surface area contributed by atoms with E-state index in [1.165, 1.54) is 13.1 Å². The van der Waals surface area contributed by atoms with E-state index in [1.807, 2.05) is 0 Å². The molecule has 0 aromatic carbocycles. The zero-order valence-electron chi connectivity index (χ0n) is 7.24. The van der Waals surface area contributed by atoms with Crippen LogP contribution in [0.1, 0.15) is 16.8 Å². The van der Waals surface area contributed by atoms with Crippen molar-refractivity contribution in [2.75, 3.05) is 0 Å². The highest BCUT2D eigenvalue weighted by molar-refractivity contribution is 5.50. The van der Waals surface area contributed by atoms with Crippen molar-refractivity contribution in [2.24, 2.45) is 0 Å². The minimum atomic E-state index is -0.493. The molecule has 1 aromatic heterocycles. The molecule has 0 aliphatic carbocycles. The summed E-state index contributed by atoms with van der Waals surface area (Å²) >= 11 is 0. The Hall–Kier alpha value is -1.96. The van der Waals surface area contributed by atoms with Gasteiger partial charge in [0.2, 0.25) is 0 Å². The third-order valence-electron chi connectivity index (χ3n) is 1.76. The summed E-state index contributed by atoms with van der Waals surface area (Å²) in [5, 5.41) is 19.2. The van der Waals surface area contributed by atoms with Crippen LogP contribution in [-0.4, -0.2) is 9.91 Å². The van der Waals surface area contributed by atoms with Crippen molar-refractivity contribution >= 4 is 5.69 Å². The smallest absolute Gasteiger partial charge is 0.258 e. The van der Waals surface area contributed by atoms with Crippen LogP contribution in [0.15, 0.2) is 6.20 Å². The molecule has 0 N–H and O–H groups in total. The highest BCUT2D eigenvalue weighted by Gasteiger charge is 2.17. The van der Waals surface area contributed by atoms with Crippen molar-refractivity contribution in [3.63, 3.8) is 0 Å². The molecule has 1 aromatic rings. The van der Waals surface area contributed by atoms with E-state index in [4.69, 9.17) is 5.26 Å². The van der Waals surface area contributed by atoms with Gasteiger partial charge in [0.15, 0.2) is 0 Å². The average molecular weight is 177 g/mol. The summed E-state index contributed by atoms with van der Waals surface area (Å²) in [6.45, 7) is 3.12. The molecule has 5 nitrogen and oxygen atoms in total. The summed E-state index contributed by atoms with van der Waals surface area (Å²) in [4.78, 5) is 13.9. The van der Waals surface area contributed by atoms with Gasteiger partial charge in [-0.15, -0.1) is 0 Å². The summed E-state index contributed by atoms with van der Waals surface area (Å²) in [6, 6.07) is 1.80. The van der Waals surface area contributed by atoms with E-state index in [0.717, 1.165) is 0 Å². The monoisotopic (exact) mass is 177 g/mol. The molecule has 0 fully saturated rings. The molecular formula is C8H7N3O2. The first kappa shape index (κ1) is 9.13. The van der Waals surface area contributed by atoms with E-state index in [1.54, 1.807) is 13.0 Å². The number of nitrogens with zero attached hydrogens (tertiary/aromatic N) is 3. The Labute approximate surface area is 74.8 Å². The van der Waals surface area contributed by atoms with Gasteiger partial charge in [-0.3, -0.25) is 10.1 Å². The third-order valence-corrected chi connectivity index (χ3v) is 1.76. The molecule has 1 heterocycles. The van der Waals surface area contributed by atoms with Crippen LogP contribution in [0.2, 0.25) is 0 Å². The van der Waals surface area contributed by atoms with E-state index in [9.17, 15) is 10.1 Å². The fourth-order valence-electron chi connectivity index (χ4n) is 1.12. The SMILES string of the molecule is Cc1cnc(C#N)c(C)c1[N+](=O)[O-]. The third kappa shape index (κ3) is 1.47. The van der Waals surface area contributed by atoms with E-state index in [0.29, 0.717) is 11.1 Å². The molecule has 0 saturated carbocycles. The number of hydrogen-bond acceptors (Lipinski definition) is 4. The number of aryl methyl sites for hydroxylation is 1. The molecule has 0 aliphatic rings. The molecule has 5 heteroatoms. The second kappa shape index (κ2) is 3.19. The van der Waals surface area contributed by atoms with Crippen molar-refractivity contribution in [1.29, 1.82) is 5.26 Å². The van der Waals surface area contributed by atoms with E-state index >= 15 is 0 Å². The molecule has 13 heavy (non-hydrogen) atoms. The molecule has 0 bridgehead atoms. The van der Waals surface area contributed by atoms with E-state index in [2.05, 4.69) is 4.98 Å².